The van der Waals surface area contributed by atoms with Crippen molar-refractivity contribution in [1.82, 2.24) is 0 Å². The first-order valence-electron chi connectivity index (χ1n) is 8.71. The summed E-state index contributed by atoms with van der Waals surface area (Å²) in [4.78, 5) is 0. The maximum Gasteiger partial charge on any atom is 0.200 e. The quantitative estimate of drug-likeness (QED) is 0.653. The third kappa shape index (κ3) is 3.77. The summed E-state index contributed by atoms with van der Waals surface area (Å²) in [5, 5.41) is 0. The van der Waals surface area contributed by atoms with Gasteiger partial charge in [-0.25, -0.2) is 4.39 Å². The van der Waals surface area contributed by atoms with Crippen LogP contribution in [0.4, 0.5) is 8.78 Å². The molecule has 3 heteroatoms. The second kappa shape index (κ2) is 7.33. The van der Waals surface area contributed by atoms with Crippen LogP contribution in [0.1, 0.15) is 55.2 Å². The van der Waals surface area contributed by atoms with Crippen LogP contribution in [0, 0.1) is 24.5 Å². The van der Waals surface area contributed by atoms with Gasteiger partial charge in [-0.2, -0.15) is 4.39 Å². The van der Waals surface area contributed by atoms with Crippen LogP contribution >= 0.6 is 0 Å². The first kappa shape index (κ1) is 16.9. The Hall–Kier alpha value is -1.90. The lowest BCUT2D eigenvalue weighted by Crippen LogP contribution is -2.10. The first-order chi connectivity index (χ1) is 11.5. The average Bonchev–Trinajstić information content (AvgIpc) is 2.60. The fourth-order valence-corrected chi connectivity index (χ4v) is 3.38. The van der Waals surface area contributed by atoms with Gasteiger partial charge in [-0.15, -0.1) is 0 Å². The van der Waals surface area contributed by atoms with Crippen molar-refractivity contribution in [3.8, 4) is 5.75 Å². The first-order valence-corrected chi connectivity index (χ1v) is 8.71. The fraction of sp³-hybridized carbons (Fsp3) is 0.429. The molecule has 1 aliphatic carbocycles. The third-order valence-corrected chi connectivity index (χ3v) is 5.10. The fourth-order valence-electron chi connectivity index (χ4n) is 3.38. The molecule has 0 atom stereocenters. The molecule has 24 heavy (non-hydrogen) atoms. The molecule has 0 spiro atoms. The van der Waals surface area contributed by atoms with Crippen molar-refractivity contribution in [2.75, 3.05) is 0 Å². The Morgan fingerprint density at radius 3 is 2.25 bits per heavy atom. The molecule has 1 saturated carbocycles. The van der Waals surface area contributed by atoms with Crippen molar-refractivity contribution in [2.45, 2.75) is 52.1 Å². The van der Waals surface area contributed by atoms with E-state index in [0.29, 0.717) is 5.92 Å². The Bertz CT molecular complexity index is 686. The zero-order valence-corrected chi connectivity index (χ0v) is 14.3. The second-order valence-corrected chi connectivity index (χ2v) is 7.00. The molecule has 0 bridgehead atoms. The Morgan fingerprint density at radius 1 is 0.917 bits per heavy atom. The summed E-state index contributed by atoms with van der Waals surface area (Å²) in [6, 6.07) is 11.3. The van der Waals surface area contributed by atoms with E-state index in [9.17, 15) is 8.78 Å². The van der Waals surface area contributed by atoms with E-state index in [-0.39, 0.29) is 17.9 Å². The van der Waals surface area contributed by atoms with Gasteiger partial charge in [0.25, 0.3) is 0 Å². The van der Waals surface area contributed by atoms with Crippen LogP contribution in [0.15, 0.2) is 36.4 Å². The predicted molar refractivity (Wildman–Crippen MR) is 92.2 cm³/mol. The lowest BCUT2D eigenvalue weighted by Gasteiger charge is -2.26. The van der Waals surface area contributed by atoms with Crippen LogP contribution < -0.4 is 4.74 Å². The van der Waals surface area contributed by atoms with E-state index in [1.54, 1.807) is 0 Å². The van der Waals surface area contributed by atoms with Crippen molar-refractivity contribution in [2.24, 2.45) is 5.92 Å². The normalized spacial score (nSPS) is 20.8. The van der Waals surface area contributed by atoms with Crippen molar-refractivity contribution in [3.05, 3.63) is 64.7 Å². The minimum Gasteiger partial charge on any atom is -0.486 e. The number of benzene rings is 2. The van der Waals surface area contributed by atoms with Gasteiger partial charge >= 0.3 is 0 Å². The Balaban J connectivity index is 1.61. The van der Waals surface area contributed by atoms with E-state index < -0.39 is 11.6 Å². The van der Waals surface area contributed by atoms with Crippen molar-refractivity contribution < 1.29 is 13.5 Å². The highest BCUT2D eigenvalue weighted by molar-refractivity contribution is 5.31. The van der Waals surface area contributed by atoms with Crippen LogP contribution in [0.2, 0.25) is 0 Å². The molecule has 3 rings (SSSR count). The summed E-state index contributed by atoms with van der Waals surface area (Å²) in [5.41, 5.74) is 2.62. The zero-order valence-electron chi connectivity index (χ0n) is 14.3. The summed E-state index contributed by atoms with van der Waals surface area (Å²) < 4.78 is 32.8. The molecule has 0 N–H and O–H groups in total. The van der Waals surface area contributed by atoms with E-state index in [2.05, 4.69) is 19.1 Å². The Kier molecular flexibility index (Phi) is 5.17. The van der Waals surface area contributed by atoms with E-state index in [1.807, 2.05) is 12.1 Å². The summed E-state index contributed by atoms with van der Waals surface area (Å²) in [6.45, 7) is 4.10. The highest BCUT2D eigenvalue weighted by Gasteiger charge is 2.19. The largest absolute Gasteiger partial charge is 0.486 e. The van der Waals surface area contributed by atoms with Gasteiger partial charge in [0.05, 0.1) is 0 Å². The number of halogens is 2. The molecule has 0 heterocycles. The SMILES string of the molecule is Cc1ccc(OCc2ccc(C3CCC(C)CC3)cc2)c(F)c1F. The lowest BCUT2D eigenvalue weighted by atomic mass is 9.79. The Labute approximate surface area is 142 Å². The topological polar surface area (TPSA) is 9.23 Å². The predicted octanol–water partition coefficient (Wildman–Crippen LogP) is 6.15. The molecule has 0 radical (unpaired) electrons. The third-order valence-electron chi connectivity index (χ3n) is 5.10. The molecule has 1 aliphatic rings. The summed E-state index contributed by atoms with van der Waals surface area (Å²) in [7, 11) is 0. The molecule has 2 aromatic rings. The molecular weight excluding hydrogens is 306 g/mol. The van der Waals surface area contributed by atoms with Crippen molar-refractivity contribution in [1.29, 1.82) is 0 Å². The molecular formula is C21H24F2O. The highest BCUT2D eigenvalue weighted by Crippen LogP contribution is 2.35. The van der Waals surface area contributed by atoms with Crippen LogP contribution in [-0.4, -0.2) is 0 Å². The molecule has 0 saturated heterocycles. The zero-order chi connectivity index (χ0) is 17.1. The van der Waals surface area contributed by atoms with Crippen LogP contribution in [0.25, 0.3) is 0 Å². The van der Waals surface area contributed by atoms with Crippen LogP contribution in [0.5, 0.6) is 5.75 Å². The summed E-state index contributed by atoms with van der Waals surface area (Å²) in [5.74, 6) is -0.292. The molecule has 0 aromatic heterocycles. The highest BCUT2D eigenvalue weighted by atomic mass is 19.2. The van der Waals surface area contributed by atoms with E-state index in [0.717, 1.165) is 11.5 Å². The number of hydrogen-bond acceptors (Lipinski definition) is 1. The van der Waals surface area contributed by atoms with Gasteiger partial charge in [0.2, 0.25) is 5.82 Å². The number of hydrogen-bond donors (Lipinski definition) is 0. The van der Waals surface area contributed by atoms with Crippen molar-refractivity contribution in [3.63, 3.8) is 0 Å². The monoisotopic (exact) mass is 330 g/mol. The van der Waals surface area contributed by atoms with Gasteiger partial charge in [0.1, 0.15) is 6.61 Å². The minimum atomic E-state index is -0.914. The maximum absolute atomic E-state index is 13.8. The molecule has 0 amide bonds. The number of aryl methyl sites for hydroxylation is 1. The van der Waals surface area contributed by atoms with Crippen LogP contribution in [-0.2, 0) is 6.61 Å². The molecule has 2 aromatic carbocycles. The second-order valence-electron chi connectivity index (χ2n) is 7.00. The number of rotatable bonds is 4. The van der Waals surface area contributed by atoms with Gasteiger partial charge in [-0.05, 0) is 54.4 Å². The van der Waals surface area contributed by atoms with Gasteiger partial charge in [-0.1, -0.05) is 50.1 Å². The van der Waals surface area contributed by atoms with Crippen molar-refractivity contribution >= 4 is 0 Å². The molecule has 0 aliphatic heterocycles. The van der Waals surface area contributed by atoms with E-state index in [1.165, 1.54) is 50.3 Å². The van der Waals surface area contributed by atoms with Gasteiger partial charge < -0.3 is 4.74 Å². The Morgan fingerprint density at radius 2 is 1.58 bits per heavy atom. The lowest BCUT2D eigenvalue weighted by molar-refractivity contribution is 0.284. The maximum atomic E-state index is 13.8. The molecule has 0 unspecified atom stereocenters. The number of ether oxygens (including phenoxy) is 1. The van der Waals surface area contributed by atoms with Gasteiger partial charge in [0.15, 0.2) is 11.6 Å². The minimum absolute atomic E-state index is 0.0385. The van der Waals surface area contributed by atoms with E-state index in [4.69, 9.17) is 4.74 Å². The molecule has 1 nitrogen and oxygen atoms in total. The van der Waals surface area contributed by atoms with E-state index >= 15 is 0 Å². The molecule has 1 fully saturated rings. The summed E-state index contributed by atoms with van der Waals surface area (Å²) >= 11 is 0. The van der Waals surface area contributed by atoms with Crippen LogP contribution in [0.3, 0.4) is 0 Å². The standard InChI is InChI=1S/C21H24F2O/c1-14-3-8-17(9-4-14)18-10-6-16(7-11-18)13-24-19-12-5-15(2)20(22)21(19)23/h5-7,10-12,14,17H,3-4,8-9,13H2,1-2H3. The average molecular weight is 330 g/mol. The van der Waals surface area contributed by atoms with Gasteiger partial charge in [-0.3, -0.25) is 0 Å². The smallest absolute Gasteiger partial charge is 0.200 e. The molecule has 128 valence electrons. The summed E-state index contributed by atoms with van der Waals surface area (Å²) in [6.07, 6.45) is 5.11. The van der Waals surface area contributed by atoms with Gasteiger partial charge in [0, 0.05) is 0 Å².